The molecule has 1 amide bonds. The molecule has 0 unspecified atom stereocenters. The Morgan fingerprint density at radius 3 is 2.58 bits per heavy atom. The molecular weight excluding hydrogens is 273 g/mol. The Labute approximate surface area is 115 Å². The summed E-state index contributed by atoms with van der Waals surface area (Å²) in [5.74, 6) is -2.24. The van der Waals surface area contributed by atoms with E-state index in [0.29, 0.717) is 6.54 Å². The molecule has 0 aliphatic rings. The molecular formula is C13H15ClFNO3. The smallest absolute Gasteiger partial charge is 0.342 e. The molecule has 0 atom stereocenters. The molecule has 0 saturated carbocycles. The van der Waals surface area contributed by atoms with Gasteiger partial charge in [-0.25, -0.2) is 9.18 Å². The molecule has 0 saturated heterocycles. The van der Waals surface area contributed by atoms with Crippen LogP contribution in [0.3, 0.4) is 0 Å². The van der Waals surface area contributed by atoms with E-state index in [-0.39, 0.29) is 16.5 Å². The third-order valence-electron chi connectivity index (χ3n) is 2.40. The van der Waals surface area contributed by atoms with Crippen LogP contribution >= 0.6 is 11.6 Å². The Bertz CT molecular complexity index is 503. The van der Waals surface area contributed by atoms with Crippen molar-refractivity contribution in [3.63, 3.8) is 0 Å². The van der Waals surface area contributed by atoms with Crippen molar-refractivity contribution < 1.29 is 18.7 Å². The fourth-order valence-corrected chi connectivity index (χ4v) is 1.63. The predicted molar refractivity (Wildman–Crippen MR) is 69.9 cm³/mol. The first-order valence-corrected chi connectivity index (χ1v) is 6.10. The average molecular weight is 288 g/mol. The Balaban J connectivity index is 3.10. The van der Waals surface area contributed by atoms with Gasteiger partial charge in [0.2, 0.25) is 0 Å². The molecule has 0 heterocycles. The van der Waals surface area contributed by atoms with Gasteiger partial charge in [-0.15, -0.1) is 0 Å². The lowest BCUT2D eigenvalue weighted by Gasteiger charge is -2.10. The standard InChI is InChI=1S/C13H15ClFNO3/c1-7(2)6-16-12(17)8-4-5-9(14)10(11(8)15)13(18)19-3/h4-5,7H,6H2,1-3H3,(H,16,17). The average Bonchev–Trinajstić information content (AvgIpc) is 2.35. The minimum atomic E-state index is -0.972. The number of amides is 1. The molecule has 4 nitrogen and oxygen atoms in total. The Kier molecular flexibility index (Phi) is 5.30. The molecule has 1 rings (SSSR count). The summed E-state index contributed by atoms with van der Waals surface area (Å²) in [5.41, 5.74) is -0.660. The highest BCUT2D eigenvalue weighted by molar-refractivity contribution is 6.33. The van der Waals surface area contributed by atoms with Crippen LogP contribution in [-0.4, -0.2) is 25.5 Å². The van der Waals surface area contributed by atoms with Crippen LogP contribution in [0.4, 0.5) is 4.39 Å². The predicted octanol–water partition coefficient (Wildman–Crippen LogP) is 2.65. The molecule has 0 radical (unpaired) electrons. The maximum atomic E-state index is 14.1. The molecule has 6 heteroatoms. The highest BCUT2D eigenvalue weighted by Gasteiger charge is 2.23. The second-order valence-corrected chi connectivity index (χ2v) is 4.79. The molecule has 0 aliphatic carbocycles. The lowest BCUT2D eigenvalue weighted by Crippen LogP contribution is -2.28. The van der Waals surface area contributed by atoms with Crippen molar-refractivity contribution in [1.82, 2.24) is 5.32 Å². The van der Waals surface area contributed by atoms with Gasteiger partial charge < -0.3 is 10.1 Å². The number of benzene rings is 1. The van der Waals surface area contributed by atoms with Gasteiger partial charge in [-0.2, -0.15) is 0 Å². The van der Waals surface area contributed by atoms with E-state index < -0.39 is 23.3 Å². The van der Waals surface area contributed by atoms with Crippen LogP contribution in [0.5, 0.6) is 0 Å². The second-order valence-electron chi connectivity index (χ2n) is 4.38. The van der Waals surface area contributed by atoms with Crippen LogP contribution < -0.4 is 5.32 Å². The zero-order chi connectivity index (χ0) is 14.6. The number of hydrogen-bond acceptors (Lipinski definition) is 3. The van der Waals surface area contributed by atoms with Crippen molar-refractivity contribution in [2.45, 2.75) is 13.8 Å². The van der Waals surface area contributed by atoms with E-state index in [0.717, 1.165) is 7.11 Å². The number of esters is 1. The van der Waals surface area contributed by atoms with Crippen LogP contribution in [0.15, 0.2) is 12.1 Å². The summed E-state index contributed by atoms with van der Waals surface area (Å²) in [6, 6.07) is 2.53. The van der Waals surface area contributed by atoms with E-state index in [4.69, 9.17) is 11.6 Å². The highest BCUT2D eigenvalue weighted by atomic mass is 35.5. The number of hydrogen-bond donors (Lipinski definition) is 1. The van der Waals surface area contributed by atoms with Crippen LogP contribution in [0, 0.1) is 11.7 Å². The van der Waals surface area contributed by atoms with Gasteiger partial charge in [-0.05, 0) is 18.1 Å². The third kappa shape index (κ3) is 3.67. The number of halogens is 2. The van der Waals surface area contributed by atoms with Gasteiger partial charge in [0, 0.05) is 6.54 Å². The largest absolute Gasteiger partial charge is 0.465 e. The minimum absolute atomic E-state index is 0.0928. The number of carbonyl (C=O) groups is 2. The molecule has 104 valence electrons. The summed E-state index contributed by atoms with van der Waals surface area (Å²) in [4.78, 5) is 23.2. The fourth-order valence-electron chi connectivity index (χ4n) is 1.41. The van der Waals surface area contributed by atoms with Gasteiger partial charge in [0.05, 0.1) is 17.7 Å². The topological polar surface area (TPSA) is 55.4 Å². The maximum Gasteiger partial charge on any atom is 0.342 e. The number of rotatable bonds is 4. The third-order valence-corrected chi connectivity index (χ3v) is 2.71. The van der Waals surface area contributed by atoms with Gasteiger partial charge >= 0.3 is 5.97 Å². The van der Waals surface area contributed by atoms with Crippen molar-refractivity contribution in [2.24, 2.45) is 5.92 Å². The molecule has 0 fully saturated rings. The minimum Gasteiger partial charge on any atom is -0.465 e. The van der Waals surface area contributed by atoms with Gasteiger partial charge in [-0.3, -0.25) is 4.79 Å². The van der Waals surface area contributed by atoms with Crippen molar-refractivity contribution in [3.8, 4) is 0 Å². The SMILES string of the molecule is COC(=O)c1c(Cl)ccc(C(=O)NCC(C)C)c1F. The molecule has 0 bridgehead atoms. The Morgan fingerprint density at radius 2 is 2.05 bits per heavy atom. The van der Waals surface area contributed by atoms with E-state index in [2.05, 4.69) is 10.1 Å². The zero-order valence-electron chi connectivity index (χ0n) is 10.9. The number of nitrogens with one attached hydrogen (secondary N) is 1. The highest BCUT2D eigenvalue weighted by Crippen LogP contribution is 2.23. The van der Waals surface area contributed by atoms with E-state index in [1.807, 2.05) is 13.8 Å². The lowest BCUT2D eigenvalue weighted by atomic mass is 10.1. The first kappa shape index (κ1) is 15.4. The van der Waals surface area contributed by atoms with Gasteiger partial charge in [-0.1, -0.05) is 25.4 Å². The lowest BCUT2D eigenvalue weighted by molar-refractivity contribution is 0.0595. The second kappa shape index (κ2) is 6.52. The van der Waals surface area contributed by atoms with Crippen LogP contribution in [-0.2, 0) is 4.74 Å². The molecule has 0 aromatic heterocycles. The van der Waals surface area contributed by atoms with E-state index in [1.165, 1.54) is 12.1 Å². The van der Waals surface area contributed by atoms with E-state index >= 15 is 0 Å². The first-order valence-electron chi connectivity index (χ1n) is 5.73. The van der Waals surface area contributed by atoms with Gasteiger partial charge in [0.15, 0.2) is 5.82 Å². The van der Waals surface area contributed by atoms with Crippen LogP contribution in [0.2, 0.25) is 5.02 Å². The van der Waals surface area contributed by atoms with Crippen LogP contribution in [0.25, 0.3) is 0 Å². The van der Waals surface area contributed by atoms with Gasteiger partial charge in [0.25, 0.3) is 5.91 Å². The summed E-state index contributed by atoms with van der Waals surface area (Å²) >= 11 is 5.73. The fraction of sp³-hybridized carbons (Fsp3) is 0.385. The zero-order valence-corrected chi connectivity index (χ0v) is 11.7. The summed E-state index contributed by atoms with van der Waals surface area (Å²) in [6.45, 7) is 4.24. The quantitative estimate of drug-likeness (QED) is 0.866. The number of carbonyl (C=O) groups excluding carboxylic acids is 2. The normalized spacial score (nSPS) is 10.4. The number of ether oxygens (including phenoxy) is 1. The van der Waals surface area contributed by atoms with Crippen LogP contribution in [0.1, 0.15) is 34.6 Å². The van der Waals surface area contributed by atoms with Crippen molar-refractivity contribution in [1.29, 1.82) is 0 Å². The van der Waals surface area contributed by atoms with Crippen molar-refractivity contribution >= 4 is 23.5 Å². The summed E-state index contributed by atoms with van der Waals surface area (Å²) in [6.07, 6.45) is 0. The van der Waals surface area contributed by atoms with Crippen molar-refractivity contribution in [3.05, 3.63) is 34.1 Å². The first-order chi connectivity index (χ1) is 8.88. The Morgan fingerprint density at radius 1 is 1.42 bits per heavy atom. The van der Waals surface area contributed by atoms with Crippen molar-refractivity contribution in [2.75, 3.05) is 13.7 Å². The maximum absolute atomic E-state index is 14.1. The summed E-state index contributed by atoms with van der Waals surface area (Å²) < 4.78 is 18.5. The molecule has 0 aliphatic heterocycles. The molecule has 1 aromatic rings. The summed E-state index contributed by atoms with van der Waals surface area (Å²) in [5, 5.41) is 2.48. The van der Waals surface area contributed by atoms with E-state index in [9.17, 15) is 14.0 Å². The molecule has 0 spiro atoms. The molecule has 19 heavy (non-hydrogen) atoms. The Hall–Kier alpha value is -1.62. The summed E-state index contributed by atoms with van der Waals surface area (Å²) in [7, 11) is 1.11. The van der Waals surface area contributed by atoms with E-state index in [1.54, 1.807) is 0 Å². The molecule has 1 aromatic carbocycles. The molecule has 1 N–H and O–H groups in total. The van der Waals surface area contributed by atoms with Gasteiger partial charge in [0.1, 0.15) is 5.56 Å². The number of methoxy groups -OCH3 is 1. The monoisotopic (exact) mass is 287 g/mol.